The molecule has 0 spiro atoms. The summed E-state index contributed by atoms with van der Waals surface area (Å²) in [6.07, 6.45) is 1.61. The molecule has 200 valence electrons. The smallest absolute Gasteiger partial charge is 0.434 e. The van der Waals surface area contributed by atoms with Gasteiger partial charge in [-0.3, -0.25) is 10.00 Å². The van der Waals surface area contributed by atoms with Crippen molar-refractivity contribution < 1.29 is 18.7 Å². The van der Waals surface area contributed by atoms with Gasteiger partial charge in [-0.2, -0.15) is 5.10 Å². The summed E-state index contributed by atoms with van der Waals surface area (Å²) < 4.78 is 20.8. The third kappa shape index (κ3) is 6.61. The molecule has 0 radical (unpaired) electrons. The van der Waals surface area contributed by atoms with E-state index >= 15 is 0 Å². The van der Waals surface area contributed by atoms with Crippen molar-refractivity contribution in [3.05, 3.63) is 46.0 Å². The van der Waals surface area contributed by atoms with Crippen LogP contribution >= 0.6 is 23.5 Å². The number of carbonyl (C=O) groups is 1. The van der Waals surface area contributed by atoms with Crippen molar-refractivity contribution in [3.8, 4) is 5.75 Å². The standard InChI is InChI=1S/C24H31ClN6O5S/c1-7-30-13-18(19(25)29-30)37-31-12-15(11-24(5,6)20-27-28-22(33)35-20)34-17-9-8-14(10-16(17)31)26-21(32)36-23(2,3)4/h8-10,13,15H,7,11-12H2,1-6H3,(H,26,32)(H,28,33)/t15-/m0/s1. The molecule has 11 nitrogen and oxygen atoms in total. The van der Waals surface area contributed by atoms with E-state index in [-0.39, 0.29) is 6.10 Å². The summed E-state index contributed by atoms with van der Waals surface area (Å²) in [6, 6.07) is 5.40. The topological polar surface area (TPSA) is 128 Å². The number of amides is 1. The fraction of sp³-hybridized carbons (Fsp3) is 0.500. The summed E-state index contributed by atoms with van der Waals surface area (Å²) in [6.45, 7) is 12.5. The largest absolute Gasteiger partial charge is 0.486 e. The summed E-state index contributed by atoms with van der Waals surface area (Å²) in [5, 5.41) is 13.9. The van der Waals surface area contributed by atoms with E-state index in [1.807, 2.05) is 53.8 Å². The van der Waals surface area contributed by atoms with Crippen LogP contribution in [-0.2, 0) is 16.7 Å². The van der Waals surface area contributed by atoms with Gasteiger partial charge >= 0.3 is 11.8 Å². The van der Waals surface area contributed by atoms with Gasteiger partial charge in [-0.25, -0.2) is 14.7 Å². The normalized spacial score (nSPS) is 15.8. The number of aromatic nitrogens is 4. The second-order valence-electron chi connectivity index (χ2n) is 10.3. The lowest BCUT2D eigenvalue weighted by Crippen LogP contribution is -2.40. The maximum atomic E-state index is 12.3. The Morgan fingerprint density at radius 2 is 2.08 bits per heavy atom. The van der Waals surface area contributed by atoms with Gasteiger partial charge in [0.25, 0.3) is 0 Å². The number of hydrogen-bond donors (Lipinski definition) is 2. The third-order valence-electron chi connectivity index (χ3n) is 5.51. The van der Waals surface area contributed by atoms with E-state index in [2.05, 4.69) is 24.9 Å². The Kier molecular flexibility index (Phi) is 7.52. The van der Waals surface area contributed by atoms with E-state index in [4.69, 9.17) is 25.5 Å². The van der Waals surface area contributed by atoms with E-state index in [1.165, 1.54) is 11.9 Å². The molecule has 13 heteroatoms. The SMILES string of the molecule is CCn1cc(SN2C[C@H](CC(C)(C)c3n[nH]c(=O)o3)Oc3ccc(NC(=O)OC(C)(C)C)cc32)c(Cl)n1. The summed E-state index contributed by atoms with van der Waals surface area (Å²) in [7, 11) is 0. The van der Waals surface area contributed by atoms with Gasteiger partial charge in [-0.1, -0.05) is 25.4 Å². The minimum absolute atomic E-state index is 0.262. The Labute approximate surface area is 224 Å². The molecule has 37 heavy (non-hydrogen) atoms. The van der Waals surface area contributed by atoms with E-state index in [0.29, 0.717) is 42.0 Å². The first-order valence-corrected chi connectivity index (χ1v) is 13.0. The van der Waals surface area contributed by atoms with Crippen LogP contribution in [-0.4, -0.2) is 44.3 Å². The first kappa shape index (κ1) is 26.9. The van der Waals surface area contributed by atoms with Crippen LogP contribution in [0, 0.1) is 0 Å². The van der Waals surface area contributed by atoms with Crippen LogP contribution in [0.1, 0.15) is 53.9 Å². The van der Waals surface area contributed by atoms with E-state index < -0.39 is 22.9 Å². The van der Waals surface area contributed by atoms with Crippen LogP contribution < -0.4 is 20.1 Å². The van der Waals surface area contributed by atoms with Gasteiger partial charge in [-0.05, 0) is 64.3 Å². The summed E-state index contributed by atoms with van der Waals surface area (Å²) in [5.41, 5.74) is 0.141. The average Bonchev–Trinajstić information content (AvgIpc) is 3.38. The van der Waals surface area contributed by atoms with Crippen LogP contribution in [0.15, 0.2) is 38.5 Å². The lowest BCUT2D eigenvalue weighted by molar-refractivity contribution is 0.0636. The maximum absolute atomic E-state index is 12.3. The molecule has 1 amide bonds. The van der Waals surface area contributed by atoms with Crippen molar-refractivity contribution in [1.82, 2.24) is 20.0 Å². The highest BCUT2D eigenvalue weighted by molar-refractivity contribution is 8.00. The number of carbonyl (C=O) groups excluding carboxylic acids is 1. The number of aromatic amines is 1. The van der Waals surface area contributed by atoms with E-state index in [9.17, 15) is 9.59 Å². The van der Waals surface area contributed by atoms with Crippen LogP contribution in [0.5, 0.6) is 5.75 Å². The summed E-state index contributed by atoms with van der Waals surface area (Å²) in [5.74, 6) is 0.356. The van der Waals surface area contributed by atoms with Gasteiger partial charge in [0.15, 0.2) is 5.15 Å². The van der Waals surface area contributed by atoms with Gasteiger partial charge in [-0.15, -0.1) is 5.10 Å². The van der Waals surface area contributed by atoms with Crippen molar-refractivity contribution in [2.45, 2.75) is 76.5 Å². The molecule has 2 N–H and O–H groups in total. The molecular weight excluding hydrogens is 520 g/mol. The molecule has 0 saturated carbocycles. The first-order chi connectivity index (χ1) is 17.3. The van der Waals surface area contributed by atoms with Gasteiger partial charge in [0.2, 0.25) is 5.89 Å². The number of halogens is 1. The average molecular weight is 551 g/mol. The molecule has 2 aromatic heterocycles. The Morgan fingerprint density at radius 1 is 1.32 bits per heavy atom. The molecule has 0 fully saturated rings. The van der Waals surface area contributed by atoms with Gasteiger partial charge in [0.05, 0.1) is 17.1 Å². The quantitative estimate of drug-likeness (QED) is 0.380. The number of H-pyrrole nitrogens is 1. The molecule has 3 heterocycles. The predicted molar refractivity (Wildman–Crippen MR) is 142 cm³/mol. The monoisotopic (exact) mass is 550 g/mol. The van der Waals surface area contributed by atoms with Gasteiger partial charge in [0.1, 0.15) is 17.5 Å². The summed E-state index contributed by atoms with van der Waals surface area (Å²) in [4.78, 5) is 24.6. The zero-order valence-electron chi connectivity index (χ0n) is 21.6. The van der Waals surface area contributed by atoms with Gasteiger partial charge in [0, 0.05) is 23.8 Å². The fourth-order valence-electron chi connectivity index (χ4n) is 3.90. The molecule has 0 bridgehead atoms. The highest BCUT2D eigenvalue weighted by atomic mass is 35.5. The number of anilines is 2. The van der Waals surface area contributed by atoms with Crippen LogP contribution in [0.25, 0.3) is 0 Å². The van der Waals surface area contributed by atoms with Crippen molar-refractivity contribution in [2.24, 2.45) is 0 Å². The number of aryl methyl sites for hydroxylation is 1. The highest BCUT2D eigenvalue weighted by Gasteiger charge is 2.36. The predicted octanol–water partition coefficient (Wildman–Crippen LogP) is 5.22. The number of fused-ring (bicyclic) bond motifs is 1. The zero-order valence-corrected chi connectivity index (χ0v) is 23.2. The molecule has 0 unspecified atom stereocenters. The number of nitrogens with one attached hydrogen (secondary N) is 2. The van der Waals surface area contributed by atoms with Crippen molar-refractivity contribution >= 4 is 41.0 Å². The molecular formula is C24H31ClN6O5S. The number of rotatable bonds is 7. The lowest BCUT2D eigenvalue weighted by atomic mass is 9.86. The molecule has 3 aromatic rings. The van der Waals surface area contributed by atoms with Gasteiger partial charge < -0.3 is 18.2 Å². The summed E-state index contributed by atoms with van der Waals surface area (Å²) >= 11 is 7.86. The molecule has 1 aliphatic heterocycles. The molecule has 0 aliphatic carbocycles. The van der Waals surface area contributed by atoms with Crippen molar-refractivity contribution in [1.29, 1.82) is 0 Å². The number of hydrogen-bond acceptors (Lipinski definition) is 9. The highest BCUT2D eigenvalue weighted by Crippen LogP contribution is 2.44. The van der Waals surface area contributed by atoms with Crippen LogP contribution in [0.3, 0.4) is 0 Å². The first-order valence-electron chi connectivity index (χ1n) is 11.9. The zero-order chi connectivity index (χ0) is 27.0. The Balaban J connectivity index is 1.62. The molecule has 4 rings (SSSR count). The number of ether oxygens (including phenoxy) is 2. The molecule has 0 saturated heterocycles. The second-order valence-corrected chi connectivity index (χ2v) is 11.8. The van der Waals surface area contributed by atoms with E-state index in [1.54, 1.807) is 16.8 Å². The number of benzene rings is 1. The Morgan fingerprint density at radius 3 is 2.70 bits per heavy atom. The minimum atomic E-state index is -0.618. The van der Waals surface area contributed by atoms with Crippen molar-refractivity contribution in [2.75, 3.05) is 16.2 Å². The molecule has 1 aromatic carbocycles. The van der Waals surface area contributed by atoms with E-state index in [0.717, 1.165) is 10.6 Å². The lowest BCUT2D eigenvalue weighted by Gasteiger charge is -2.37. The second kappa shape index (κ2) is 10.3. The van der Waals surface area contributed by atoms with Crippen molar-refractivity contribution in [3.63, 3.8) is 0 Å². The fourth-order valence-corrected chi connectivity index (χ4v) is 5.15. The number of nitrogens with zero attached hydrogens (tertiary/aromatic N) is 4. The molecule has 1 aliphatic rings. The Hall–Kier alpha value is -3.12. The Bertz CT molecular complexity index is 1330. The van der Waals surface area contributed by atoms with Crippen LogP contribution in [0.2, 0.25) is 5.15 Å². The minimum Gasteiger partial charge on any atom is -0.486 e. The third-order valence-corrected chi connectivity index (χ3v) is 6.96. The van der Waals surface area contributed by atoms with Crippen LogP contribution in [0.4, 0.5) is 16.2 Å². The maximum Gasteiger partial charge on any atom is 0.434 e. The molecule has 1 atom stereocenters.